The van der Waals surface area contributed by atoms with E-state index >= 15 is 0 Å². The molecule has 0 fully saturated rings. The van der Waals surface area contributed by atoms with Crippen LogP contribution in [0.2, 0.25) is 0 Å². The van der Waals surface area contributed by atoms with Gasteiger partial charge in [-0.2, -0.15) is 0 Å². The van der Waals surface area contributed by atoms with Crippen molar-refractivity contribution in [3.05, 3.63) is 101 Å². The molecule has 0 saturated carbocycles. The Morgan fingerprint density at radius 3 is 2.06 bits per heavy atom. The first kappa shape index (κ1) is 22.0. The van der Waals surface area contributed by atoms with Gasteiger partial charge < -0.3 is 9.47 Å². The average Bonchev–Trinajstić information content (AvgIpc) is 2.77. The van der Waals surface area contributed by atoms with Gasteiger partial charge >= 0.3 is 5.97 Å². The maximum absolute atomic E-state index is 12.5. The van der Waals surface area contributed by atoms with Gasteiger partial charge in [-0.15, -0.1) is 0 Å². The Morgan fingerprint density at radius 1 is 0.806 bits per heavy atom. The lowest BCUT2D eigenvalue weighted by molar-refractivity contribution is 0.0734. The second-order valence-electron chi connectivity index (χ2n) is 8.22. The molecular weight excluding hydrogens is 388 g/mol. The number of carbonyl (C=O) groups excluding carboxylic acids is 2. The van der Waals surface area contributed by atoms with Gasteiger partial charge in [0.1, 0.15) is 11.5 Å². The molecule has 0 aromatic heterocycles. The van der Waals surface area contributed by atoms with E-state index in [0.29, 0.717) is 22.6 Å². The van der Waals surface area contributed by atoms with E-state index in [-0.39, 0.29) is 11.2 Å². The van der Waals surface area contributed by atoms with Gasteiger partial charge in [0.05, 0.1) is 12.7 Å². The molecule has 3 rings (SSSR count). The highest BCUT2D eigenvalue weighted by Gasteiger charge is 2.15. The molecule has 0 aliphatic heterocycles. The van der Waals surface area contributed by atoms with E-state index in [4.69, 9.17) is 9.47 Å². The molecule has 4 heteroatoms. The minimum absolute atomic E-state index is 0.0202. The molecule has 3 aromatic carbocycles. The summed E-state index contributed by atoms with van der Waals surface area (Å²) in [4.78, 5) is 24.8. The highest BCUT2D eigenvalue weighted by molar-refractivity contribution is 6.06. The number of ketones is 1. The van der Waals surface area contributed by atoms with E-state index < -0.39 is 5.97 Å². The van der Waals surface area contributed by atoms with Crippen molar-refractivity contribution in [1.29, 1.82) is 0 Å². The van der Waals surface area contributed by atoms with E-state index in [0.717, 1.165) is 11.1 Å². The van der Waals surface area contributed by atoms with Crippen molar-refractivity contribution in [3.8, 4) is 11.5 Å². The van der Waals surface area contributed by atoms with Crippen LogP contribution in [0.5, 0.6) is 11.5 Å². The monoisotopic (exact) mass is 414 g/mol. The summed E-state index contributed by atoms with van der Waals surface area (Å²) in [5.41, 5.74) is 2.99. The molecule has 0 N–H and O–H groups in total. The van der Waals surface area contributed by atoms with Crippen molar-refractivity contribution >= 4 is 17.8 Å². The fourth-order valence-corrected chi connectivity index (χ4v) is 2.98. The van der Waals surface area contributed by atoms with Gasteiger partial charge in [-0.25, -0.2) is 4.79 Å². The third-order valence-corrected chi connectivity index (χ3v) is 4.86. The lowest BCUT2D eigenvalue weighted by atomic mass is 9.87. The second-order valence-corrected chi connectivity index (χ2v) is 8.22. The Bertz CT molecular complexity index is 1090. The lowest BCUT2D eigenvalue weighted by Gasteiger charge is -2.18. The number of carbonyl (C=O) groups is 2. The summed E-state index contributed by atoms with van der Waals surface area (Å²) >= 11 is 0. The maximum atomic E-state index is 12.5. The predicted octanol–water partition coefficient (Wildman–Crippen LogP) is 6.11. The fraction of sp³-hybridized carbons (Fsp3) is 0.185. The van der Waals surface area contributed by atoms with Crippen LogP contribution in [0.1, 0.15) is 52.6 Å². The summed E-state index contributed by atoms with van der Waals surface area (Å²) in [5, 5.41) is 0. The van der Waals surface area contributed by atoms with E-state index in [1.165, 1.54) is 6.08 Å². The number of benzene rings is 3. The zero-order chi connectivity index (χ0) is 22.4. The second kappa shape index (κ2) is 9.43. The van der Waals surface area contributed by atoms with Gasteiger partial charge in [0.15, 0.2) is 5.78 Å². The first-order valence-corrected chi connectivity index (χ1v) is 10.1. The molecule has 0 atom stereocenters. The van der Waals surface area contributed by atoms with Crippen molar-refractivity contribution < 1.29 is 19.1 Å². The quantitative estimate of drug-likeness (QED) is 0.211. The van der Waals surface area contributed by atoms with Crippen LogP contribution < -0.4 is 9.47 Å². The summed E-state index contributed by atoms with van der Waals surface area (Å²) < 4.78 is 10.6. The van der Waals surface area contributed by atoms with Crippen LogP contribution in [0.3, 0.4) is 0 Å². The number of allylic oxidation sites excluding steroid dienone is 1. The zero-order valence-electron chi connectivity index (χ0n) is 18.2. The Morgan fingerprint density at radius 2 is 1.45 bits per heavy atom. The standard InChI is InChI=1S/C27H26O4/c1-27(2,3)22-13-9-21(10-14-22)26(29)31-24-7-5-6-19(18-24)8-17-25(28)20-11-15-23(30-4)16-12-20/h5-18H,1-4H3. The molecule has 31 heavy (non-hydrogen) atoms. The van der Waals surface area contributed by atoms with Crippen LogP contribution in [0.15, 0.2) is 78.9 Å². The summed E-state index contributed by atoms with van der Waals surface area (Å²) in [6.07, 6.45) is 3.19. The molecule has 0 saturated heterocycles. The Kier molecular flexibility index (Phi) is 6.71. The molecule has 4 nitrogen and oxygen atoms in total. The molecule has 0 spiro atoms. The molecule has 0 amide bonds. The van der Waals surface area contributed by atoms with Gasteiger partial charge in [0.25, 0.3) is 0 Å². The summed E-state index contributed by atoms with van der Waals surface area (Å²) in [6.45, 7) is 6.37. The van der Waals surface area contributed by atoms with Crippen molar-refractivity contribution in [2.24, 2.45) is 0 Å². The van der Waals surface area contributed by atoms with E-state index in [2.05, 4.69) is 20.8 Å². The number of hydrogen-bond acceptors (Lipinski definition) is 4. The Hall–Kier alpha value is -3.66. The Labute approximate surface area is 183 Å². The lowest BCUT2D eigenvalue weighted by Crippen LogP contribution is -2.12. The topological polar surface area (TPSA) is 52.6 Å². The molecular formula is C27H26O4. The molecule has 0 unspecified atom stereocenters. The SMILES string of the molecule is COc1ccc(C(=O)C=Cc2cccc(OC(=O)c3ccc(C(C)(C)C)cc3)c2)cc1. The van der Waals surface area contributed by atoms with Crippen molar-refractivity contribution in [2.45, 2.75) is 26.2 Å². The highest BCUT2D eigenvalue weighted by Crippen LogP contribution is 2.23. The van der Waals surface area contributed by atoms with Crippen LogP contribution in [-0.2, 0) is 5.41 Å². The number of rotatable bonds is 6. The number of esters is 1. The van der Waals surface area contributed by atoms with Gasteiger partial charge in [-0.05, 0) is 71.1 Å². The molecule has 0 heterocycles. The molecule has 158 valence electrons. The van der Waals surface area contributed by atoms with Crippen LogP contribution in [0.4, 0.5) is 0 Å². The number of hydrogen-bond donors (Lipinski definition) is 0. The summed E-state index contributed by atoms with van der Waals surface area (Å²) in [7, 11) is 1.58. The van der Waals surface area contributed by atoms with Gasteiger partial charge in [0, 0.05) is 5.56 Å². The summed E-state index contributed by atoms with van der Waals surface area (Å²) in [6, 6.07) is 21.4. The average molecular weight is 415 g/mol. The highest BCUT2D eigenvalue weighted by atomic mass is 16.5. The normalized spacial score (nSPS) is 11.4. The third kappa shape index (κ3) is 5.92. The van der Waals surface area contributed by atoms with Crippen LogP contribution in [-0.4, -0.2) is 18.9 Å². The number of methoxy groups -OCH3 is 1. The smallest absolute Gasteiger partial charge is 0.343 e. The van der Waals surface area contributed by atoms with Crippen molar-refractivity contribution in [2.75, 3.05) is 7.11 Å². The minimum Gasteiger partial charge on any atom is -0.497 e. The van der Waals surface area contributed by atoms with E-state index in [9.17, 15) is 9.59 Å². The molecule has 0 aliphatic carbocycles. The Balaban J connectivity index is 1.67. The van der Waals surface area contributed by atoms with Gasteiger partial charge in [-0.3, -0.25) is 4.79 Å². The van der Waals surface area contributed by atoms with Crippen LogP contribution in [0, 0.1) is 0 Å². The van der Waals surface area contributed by atoms with Crippen LogP contribution in [0.25, 0.3) is 6.08 Å². The summed E-state index contributed by atoms with van der Waals surface area (Å²) in [5.74, 6) is 0.576. The first-order chi connectivity index (χ1) is 14.8. The maximum Gasteiger partial charge on any atom is 0.343 e. The van der Waals surface area contributed by atoms with E-state index in [1.54, 1.807) is 67.8 Å². The zero-order valence-corrected chi connectivity index (χ0v) is 18.2. The minimum atomic E-state index is -0.420. The molecule has 0 bridgehead atoms. The predicted molar refractivity (Wildman–Crippen MR) is 123 cm³/mol. The molecule has 0 aliphatic rings. The van der Waals surface area contributed by atoms with Crippen molar-refractivity contribution in [3.63, 3.8) is 0 Å². The first-order valence-electron chi connectivity index (χ1n) is 10.1. The fourth-order valence-electron chi connectivity index (χ4n) is 2.98. The van der Waals surface area contributed by atoms with Gasteiger partial charge in [0.2, 0.25) is 0 Å². The molecule has 0 radical (unpaired) electrons. The molecule has 3 aromatic rings. The van der Waals surface area contributed by atoms with Crippen LogP contribution >= 0.6 is 0 Å². The largest absolute Gasteiger partial charge is 0.497 e. The third-order valence-electron chi connectivity index (χ3n) is 4.86. The van der Waals surface area contributed by atoms with Crippen molar-refractivity contribution in [1.82, 2.24) is 0 Å². The number of ether oxygens (including phenoxy) is 2. The van der Waals surface area contributed by atoms with Gasteiger partial charge in [-0.1, -0.05) is 51.1 Å². The van der Waals surface area contributed by atoms with E-state index in [1.807, 2.05) is 18.2 Å².